The van der Waals surface area contributed by atoms with Gasteiger partial charge < -0.3 is 0 Å². The van der Waals surface area contributed by atoms with Crippen molar-refractivity contribution in [1.82, 2.24) is 10.2 Å². The maximum Gasteiger partial charge on any atom is 0.254 e. The van der Waals surface area contributed by atoms with Gasteiger partial charge in [0.1, 0.15) is 0 Å². The quantitative estimate of drug-likeness (QED) is 0.786. The molecule has 0 atom stereocenters. The molecule has 3 N–H and O–H groups in total. The molecule has 15 heavy (non-hydrogen) atoms. The van der Waals surface area contributed by atoms with Crippen LogP contribution in [0, 0.1) is 0 Å². The van der Waals surface area contributed by atoms with E-state index in [9.17, 15) is 8.42 Å². The molecule has 6 heteroatoms. The maximum atomic E-state index is 11.0. The third-order valence-corrected chi connectivity index (χ3v) is 2.75. The van der Waals surface area contributed by atoms with Crippen molar-refractivity contribution < 1.29 is 8.42 Å². The van der Waals surface area contributed by atoms with Gasteiger partial charge in [0.25, 0.3) is 10.0 Å². The zero-order chi connectivity index (χ0) is 10.9. The molecule has 1 aromatic carbocycles. The highest BCUT2D eigenvalue weighted by Gasteiger charge is 2.12. The topological polar surface area (TPSA) is 88.8 Å². The van der Waals surface area contributed by atoms with E-state index in [4.69, 9.17) is 5.14 Å². The number of nitrogens with one attached hydrogen (secondary N) is 1. The van der Waals surface area contributed by atoms with Crippen LogP contribution in [0.1, 0.15) is 0 Å². The fourth-order valence-corrected chi connectivity index (χ4v) is 1.66. The Morgan fingerprint density at radius 3 is 2.40 bits per heavy atom. The molecule has 0 saturated carbocycles. The highest BCUT2D eigenvalue weighted by atomic mass is 32.2. The van der Waals surface area contributed by atoms with E-state index in [1.54, 1.807) is 0 Å². The summed E-state index contributed by atoms with van der Waals surface area (Å²) in [7, 11) is -3.71. The van der Waals surface area contributed by atoms with Crippen molar-refractivity contribution in [2.45, 2.75) is 5.03 Å². The third-order valence-electron chi connectivity index (χ3n) is 1.93. The van der Waals surface area contributed by atoms with Gasteiger partial charge in [-0.3, -0.25) is 5.10 Å². The fraction of sp³-hybridized carbons (Fsp3) is 0. The highest BCUT2D eigenvalue weighted by Crippen LogP contribution is 2.18. The number of rotatable bonds is 2. The van der Waals surface area contributed by atoms with E-state index < -0.39 is 10.0 Å². The largest absolute Gasteiger partial charge is 0.266 e. The Balaban J connectivity index is 2.46. The van der Waals surface area contributed by atoms with Gasteiger partial charge in [-0.15, -0.1) is 0 Å². The van der Waals surface area contributed by atoms with Crippen LogP contribution in [0.25, 0.3) is 11.3 Å². The SMILES string of the molecule is NS(=O)(=O)c1cc(-c2ccccc2)n[nH]1. The number of nitrogens with zero attached hydrogens (tertiary/aromatic N) is 1. The van der Waals surface area contributed by atoms with Crippen LogP contribution in [-0.4, -0.2) is 18.6 Å². The molecule has 0 unspecified atom stereocenters. The zero-order valence-electron chi connectivity index (χ0n) is 7.71. The van der Waals surface area contributed by atoms with Gasteiger partial charge in [-0.05, 0) is 0 Å². The summed E-state index contributed by atoms with van der Waals surface area (Å²) in [5.41, 5.74) is 1.39. The second-order valence-corrected chi connectivity index (χ2v) is 4.56. The van der Waals surface area contributed by atoms with E-state index in [0.29, 0.717) is 5.69 Å². The van der Waals surface area contributed by atoms with E-state index >= 15 is 0 Å². The number of primary sulfonamides is 1. The minimum absolute atomic E-state index is 0.0821. The molecule has 0 fully saturated rings. The Labute approximate surface area is 87.0 Å². The second-order valence-electron chi connectivity index (χ2n) is 3.03. The highest BCUT2D eigenvalue weighted by molar-refractivity contribution is 7.89. The van der Waals surface area contributed by atoms with Crippen LogP contribution >= 0.6 is 0 Å². The summed E-state index contributed by atoms with van der Waals surface area (Å²) in [4.78, 5) is 0. The number of benzene rings is 1. The first-order valence-corrected chi connectivity index (χ1v) is 5.75. The van der Waals surface area contributed by atoms with Crippen molar-refractivity contribution in [2.24, 2.45) is 5.14 Å². The number of H-pyrrole nitrogens is 1. The van der Waals surface area contributed by atoms with Gasteiger partial charge in [0.2, 0.25) is 0 Å². The van der Waals surface area contributed by atoms with Crippen LogP contribution in [0.4, 0.5) is 0 Å². The third kappa shape index (κ3) is 2.05. The van der Waals surface area contributed by atoms with Gasteiger partial charge in [-0.1, -0.05) is 30.3 Å². The minimum atomic E-state index is -3.71. The molecule has 0 saturated heterocycles. The van der Waals surface area contributed by atoms with E-state index in [2.05, 4.69) is 10.2 Å². The number of nitrogens with two attached hydrogens (primary N) is 1. The van der Waals surface area contributed by atoms with Gasteiger partial charge in [0.05, 0.1) is 5.69 Å². The van der Waals surface area contributed by atoms with Gasteiger partial charge >= 0.3 is 0 Å². The van der Waals surface area contributed by atoms with Gasteiger partial charge in [-0.25, -0.2) is 13.6 Å². The molecular weight excluding hydrogens is 214 g/mol. The summed E-state index contributed by atoms with van der Waals surface area (Å²) in [6.07, 6.45) is 0. The molecule has 1 heterocycles. The number of sulfonamides is 1. The predicted molar refractivity (Wildman–Crippen MR) is 55.4 cm³/mol. The van der Waals surface area contributed by atoms with Crippen LogP contribution in [0.3, 0.4) is 0 Å². The first-order chi connectivity index (χ1) is 7.07. The molecule has 0 aliphatic rings. The molecular formula is C9H9N3O2S. The lowest BCUT2D eigenvalue weighted by Crippen LogP contribution is -2.12. The van der Waals surface area contributed by atoms with E-state index in [1.165, 1.54) is 6.07 Å². The molecule has 0 bridgehead atoms. The molecule has 2 rings (SSSR count). The van der Waals surface area contributed by atoms with Gasteiger partial charge in [-0.2, -0.15) is 5.10 Å². The molecule has 0 aliphatic carbocycles. The molecule has 78 valence electrons. The van der Waals surface area contributed by atoms with Crippen molar-refractivity contribution in [3.63, 3.8) is 0 Å². The Kier molecular flexibility index (Phi) is 2.29. The number of hydrogen-bond donors (Lipinski definition) is 2. The standard InChI is InChI=1S/C9H9N3O2S/c10-15(13,14)9-6-8(11-12-9)7-4-2-1-3-5-7/h1-6H,(H,11,12)(H2,10,13,14). The Morgan fingerprint density at radius 2 is 1.87 bits per heavy atom. The molecule has 5 nitrogen and oxygen atoms in total. The molecule has 1 aromatic heterocycles. The predicted octanol–water partition coefficient (Wildman–Crippen LogP) is 0.724. The molecule has 2 aromatic rings. The van der Waals surface area contributed by atoms with Gasteiger partial charge in [0, 0.05) is 11.6 Å². The maximum absolute atomic E-state index is 11.0. The summed E-state index contributed by atoms with van der Waals surface area (Å²) in [6, 6.07) is 10.6. The van der Waals surface area contributed by atoms with Gasteiger partial charge in [0.15, 0.2) is 5.03 Å². The normalized spacial score (nSPS) is 11.5. The first-order valence-electron chi connectivity index (χ1n) is 4.21. The zero-order valence-corrected chi connectivity index (χ0v) is 8.53. The average molecular weight is 223 g/mol. The molecule has 0 spiro atoms. The van der Waals surface area contributed by atoms with Crippen molar-refractivity contribution in [1.29, 1.82) is 0 Å². The minimum Gasteiger partial charge on any atom is -0.266 e. The monoisotopic (exact) mass is 223 g/mol. The van der Waals surface area contributed by atoms with E-state index in [0.717, 1.165) is 5.56 Å². The average Bonchev–Trinajstić information content (AvgIpc) is 2.67. The molecule has 0 aliphatic heterocycles. The van der Waals surface area contributed by atoms with Crippen LogP contribution in [-0.2, 0) is 10.0 Å². The van der Waals surface area contributed by atoms with Crippen LogP contribution in [0.5, 0.6) is 0 Å². The lowest BCUT2D eigenvalue weighted by molar-refractivity contribution is 0.593. The van der Waals surface area contributed by atoms with Crippen molar-refractivity contribution >= 4 is 10.0 Å². The van der Waals surface area contributed by atoms with E-state index in [-0.39, 0.29) is 5.03 Å². The van der Waals surface area contributed by atoms with E-state index in [1.807, 2.05) is 30.3 Å². The fourth-order valence-electron chi connectivity index (χ4n) is 1.21. The Morgan fingerprint density at radius 1 is 1.20 bits per heavy atom. The summed E-state index contributed by atoms with van der Waals surface area (Å²) < 4.78 is 22.0. The summed E-state index contributed by atoms with van der Waals surface area (Å²) in [5, 5.41) is 11.1. The number of aromatic nitrogens is 2. The Bertz CT molecular complexity index is 560. The van der Waals surface area contributed by atoms with Crippen LogP contribution < -0.4 is 5.14 Å². The second kappa shape index (κ2) is 3.48. The van der Waals surface area contributed by atoms with Crippen LogP contribution in [0.15, 0.2) is 41.4 Å². The number of hydrogen-bond acceptors (Lipinski definition) is 3. The first kappa shape index (κ1) is 9.88. The number of aromatic amines is 1. The molecule has 0 radical (unpaired) electrons. The summed E-state index contributed by atoms with van der Waals surface area (Å²) in [6.45, 7) is 0. The summed E-state index contributed by atoms with van der Waals surface area (Å²) >= 11 is 0. The lowest BCUT2D eigenvalue weighted by atomic mass is 10.2. The van der Waals surface area contributed by atoms with Crippen molar-refractivity contribution in [2.75, 3.05) is 0 Å². The van der Waals surface area contributed by atoms with Crippen molar-refractivity contribution in [3.05, 3.63) is 36.4 Å². The van der Waals surface area contributed by atoms with Crippen molar-refractivity contribution in [3.8, 4) is 11.3 Å². The molecule has 0 amide bonds. The Hall–Kier alpha value is -1.66. The summed E-state index contributed by atoms with van der Waals surface area (Å²) in [5.74, 6) is 0. The lowest BCUT2D eigenvalue weighted by Gasteiger charge is -1.92. The van der Waals surface area contributed by atoms with Crippen LogP contribution in [0.2, 0.25) is 0 Å². The smallest absolute Gasteiger partial charge is 0.254 e.